The number of carbonyl (C=O) groups excluding carboxylic acids is 1. The lowest BCUT2D eigenvalue weighted by molar-refractivity contribution is -0.146. The first-order valence-corrected chi connectivity index (χ1v) is 6.50. The highest BCUT2D eigenvalue weighted by Crippen LogP contribution is 2.20. The van der Waals surface area contributed by atoms with Crippen LogP contribution in [0.2, 0.25) is 0 Å². The molecule has 104 valence electrons. The van der Waals surface area contributed by atoms with Crippen LogP contribution < -0.4 is 10.1 Å². The Balaban J connectivity index is 1.89. The van der Waals surface area contributed by atoms with Gasteiger partial charge in [0.25, 0.3) is 0 Å². The lowest BCUT2D eigenvalue weighted by Gasteiger charge is -2.17. The van der Waals surface area contributed by atoms with Crippen LogP contribution in [-0.4, -0.2) is 31.3 Å². The van der Waals surface area contributed by atoms with Crippen LogP contribution in [0.15, 0.2) is 24.3 Å². The summed E-state index contributed by atoms with van der Waals surface area (Å²) in [5.74, 6) is -0.280. The molecule has 1 fully saturated rings. The van der Waals surface area contributed by atoms with E-state index in [0.717, 1.165) is 12.8 Å². The van der Waals surface area contributed by atoms with Crippen molar-refractivity contribution in [1.29, 1.82) is 0 Å². The van der Waals surface area contributed by atoms with Gasteiger partial charge in [0, 0.05) is 12.1 Å². The molecule has 2 rings (SSSR count). The summed E-state index contributed by atoms with van der Waals surface area (Å²) in [7, 11) is 0. The first kappa shape index (κ1) is 13.8. The van der Waals surface area contributed by atoms with Gasteiger partial charge in [-0.3, -0.25) is 10.1 Å². The van der Waals surface area contributed by atoms with Crippen molar-refractivity contribution < 1.29 is 18.7 Å². The minimum absolute atomic E-state index is 0.138. The molecule has 0 spiro atoms. The Morgan fingerprint density at radius 1 is 1.53 bits per heavy atom. The maximum atomic E-state index is 13.0. The van der Waals surface area contributed by atoms with Gasteiger partial charge < -0.3 is 9.47 Å². The molecule has 1 aromatic carbocycles. The Morgan fingerprint density at radius 3 is 2.95 bits per heavy atom. The highest BCUT2D eigenvalue weighted by molar-refractivity contribution is 5.76. The second-order valence-corrected chi connectivity index (χ2v) is 4.51. The SMILES string of the molecule is CCOC(=O)C(COc1cccc(F)c1)NC1CC1. The van der Waals surface area contributed by atoms with Gasteiger partial charge in [-0.15, -0.1) is 0 Å². The van der Waals surface area contributed by atoms with Gasteiger partial charge in [-0.25, -0.2) is 4.39 Å². The van der Waals surface area contributed by atoms with Crippen molar-refractivity contribution in [2.45, 2.75) is 31.8 Å². The normalized spacial score (nSPS) is 15.9. The summed E-state index contributed by atoms with van der Waals surface area (Å²) >= 11 is 0. The van der Waals surface area contributed by atoms with E-state index >= 15 is 0 Å². The molecule has 0 bridgehead atoms. The van der Waals surface area contributed by atoms with Gasteiger partial charge in [0.05, 0.1) is 6.61 Å². The molecule has 1 atom stereocenters. The summed E-state index contributed by atoms with van der Waals surface area (Å²) < 4.78 is 23.4. The summed E-state index contributed by atoms with van der Waals surface area (Å²) in [5, 5.41) is 3.17. The van der Waals surface area contributed by atoms with Crippen molar-refractivity contribution in [3.63, 3.8) is 0 Å². The fraction of sp³-hybridized carbons (Fsp3) is 0.500. The highest BCUT2D eigenvalue weighted by Gasteiger charge is 2.29. The van der Waals surface area contributed by atoms with Gasteiger partial charge in [0.2, 0.25) is 0 Å². The Morgan fingerprint density at radius 2 is 2.32 bits per heavy atom. The molecule has 4 nitrogen and oxygen atoms in total. The van der Waals surface area contributed by atoms with E-state index < -0.39 is 6.04 Å². The van der Waals surface area contributed by atoms with Gasteiger partial charge in [-0.1, -0.05) is 6.07 Å². The predicted octanol–water partition coefficient (Wildman–Crippen LogP) is 1.89. The average Bonchev–Trinajstić information content (AvgIpc) is 3.18. The third-order valence-electron chi connectivity index (χ3n) is 2.80. The Bertz CT molecular complexity index is 434. The van der Waals surface area contributed by atoms with Crippen molar-refractivity contribution in [2.75, 3.05) is 13.2 Å². The van der Waals surface area contributed by atoms with E-state index in [-0.39, 0.29) is 18.4 Å². The number of esters is 1. The van der Waals surface area contributed by atoms with Crippen LogP contribution in [0.5, 0.6) is 5.75 Å². The molecule has 0 saturated heterocycles. The van der Waals surface area contributed by atoms with E-state index in [9.17, 15) is 9.18 Å². The molecule has 1 N–H and O–H groups in total. The number of rotatable bonds is 7. The first-order chi connectivity index (χ1) is 9.19. The summed E-state index contributed by atoms with van der Waals surface area (Å²) in [5.41, 5.74) is 0. The van der Waals surface area contributed by atoms with Crippen LogP contribution in [0.3, 0.4) is 0 Å². The fourth-order valence-corrected chi connectivity index (χ4v) is 1.70. The summed E-state index contributed by atoms with van der Waals surface area (Å²) in [6.45, 7) is 2.24. The van der Waals surface area contributed by atoms with Crippen molar-refractivity contribution >= 4 is 5.97 Å². The molecule has 1 aliphatic carbocycles. The van der Waals surface area contributed by atoms with Gasteiger partial charge >= 0.3 is 5.97 Å². The fourth-order valence-electron chi connectivity index (χ4n) is 1.70. The van der Waals surface area contributed by atoms with Gasteiger partial charge in [0.1, 0.15) is 24.2 Å². The molecule has 1 aromatic rings. The van der Waals surface area contributed by atoms with E-state index in [1.807, 2.05) is 0 Å². The van der Waals surface area contributed by atoms with E-state index in [1.54, 1.807) is 19.1 Å². The summed E-state index contributed by atoms with van der Waals surface area (Å²) in [4.78, 5) is 11.8. The minimum atomic E-state index is -0.504. The second kappa shape index (κ2) is 6.52. The van der Waals surface area contributed by atoms with Gasteiger partial charge in [0.15, 0.2) is 0 Å². The third kappa shape index (κ3) is 4.52. The highest BCUT2D eigenvalue weighted by atomic mass is 19.1. The number of benzene rings is 1. The standard InChI is InChI=1S/C14H18FNO3/c1-2-18-14(17)13(16-11-6-7-11)9-19-12-5-3-4-10(15)8-12/h3-5,8,11,13,16H,2,6-7,9H2,1H3. The molecule has 1 saturated carbocycles. The zero-order chi connectivity index (χ0) is 13.7. The zero-order valence-electron chi connectivity index (χ0n) is 10.9. The van der Waals surface area contributed by atoms with E-state index in [1.165, 1.54) is 12.1 Å². The molecule has 1 unspecified atom stereocenters. The molecular weight excluding hydrogens is 249 g/mol. The van der Waals surface area contributed by atoms with Crippen LogP contribution in [0, 0.1) is 5.82 Å². The lowest BCUT2D eigenvalue weighted by atomic mass is 10.3. The van der Waals surface area contributed by atoms with Crippen LogP contribution in [-0.2, 0) is 9.53 Å². The van der Waals surface area contributed by atoms with E-state index in [2.05, 4.69) is 5.32 Å². The smallest absolute Gasteiger partial charge is 0.326 e. The average molecular weight is 267 g/mol. The summed E-state index contributed by atoms with van der Waals surface area (Å²) in [6.07, 6.45) is 2.13. The largest absolute Gasteiger partial charge is 0.491 e. The molecule has 0 amide bonds. The van der Waals surface area contributed by atoms with Crippen molar-refractivity contribution in [2.24, 2.45) is 0 Å². The number of nitrogens with one attached hydrogen (secondary N) is 1. The second-order valence-electron chi connectivity index (χ2n) is 4.51. The summed E-state index contributed by atoms with van der Waals surface area (Å²) in [6, 6.07) is 5.72. The minimum Gasteiger partial charge on any atom is -0.491 e. The molecule has 0 aliphatic heterocycles. The van der Waals surface area contributed by atoms with Crippen molar-refractivity contribution in [3.8, 4) is 5.75 Å². The Hall–Kier alpha value is -1.62. The molecule has 0 radical (unpaired) electrons. The van der Waals surface area contributed by atoms with Crippen LogP contribution >= 0.6 is 0 Å². The maximum absolute atomic E-state index is 13.0. The van der Waals surface area contributed by atoms with Crippen molar-refractivity contribution in [3.05, 3.63) is 30.1 Å². The quantitative estimate of drug-likeness (QED) is 0.766. The third-order valence-corrected chi connectivity index (χ3v) is 2.80. The number of hydrogen-bond donors (Lipinski definition) is 1. The number of carbonyl (C=O) groups is 1. The maximum Gasteiger partial charge on any atom is 0.326 e. The van der Waals surface area contributed by atoms with Crippen LogP contribution in [0.4, 0.5) is 4.39 Å². The first-order valence-electron chi connectivity index (χ1n) is 6.50. The topological polar surface area (TPSA) is 47.6 Å². The van der Waals surface area contributed by atoms with Gasteiger partial charge in [-0.2, -0.15) is 0 Å². The van der Waals surface area contributed by atoms with E-state index in [0.29, 0.717) is 18.4 Å². The Kier molecular flexibility index (Phi) is 4.74. The zero-order valence-corrected chi connectivity index (χ0v) is 10.9. The van der Waals surface area contributed by atoms with Crippen molar-refractivity contribution in [1.82, 2.24) is 5.32 Å². The van der Waals surface area contributed by atoms with Gasteiger partial charge in [-0.05, 0) is 31.9 Å². The predicted molar refractivity (Wildman–Crippen MR) is 68.5 cm³/mol. The lowest BCUT2D eigenvalue weighted by Crippen LogP contribution is -2.43. The van der Waals surface area contributed by atoms with Crippen LogP contribution in [0.1, 0.15) is 19.8 Å². The molecule has 19 heavy (non-hydrogen) atoms. The Labute approximate surface area is 111 Å². The molecule has 0 aromatic heterocycles. The number of halogens is 1. The molecule has 0 heterocycles. The van der Waals surface area contributed by atoms with Crippen LogP contribution in [0.25, 0.3) is 0 Å². The number of hydrogen-bond acceptors (Lipinski definition) is 4. The number of ether oxygens (including phenoxy) is 2. The molecular formula is C14H18FNO3. The molecule has 1 aliphatic rings. The molecule has 5 heteroatoms. The monoisotopic (exact) mass is 267 g/mol. The van der Waals surface area contributed by atoms with E-state index in [4.69, 9.17) is 9.47 Å².